The molecule has 0 aliphatic rings. The quantitative estimate of drug-likeness (QED) is 0.324. The van der Waals surface area contributed by atoms with E-state index in [4.69, 9.17) is 9.66 Å². The van der Waals surface area contributed by atoms with Gasteiger partial charge < -0.3 is 10.4 Å². The monoisotopic (exact) mass is 237 g/mol. The Balaban J connectivity index is 3.93. The third kappa shape index (κ3) is 7.06. The highest BCUT2D eigenvalue weighted by Gasteiger charge is 2.16. The summed E-state index contributed by atoms with van der Waals surface area (Å²) in [5.41, 5.74) is 0.439. The maximum absolute atomic E-state index is 10.6. The van der Waals surface area contributed by atoms with Gasteiger partial charge in [-0.2, -0.15) is 8.42 Å². The second kappa shape index (κ2) is 5.84. The van der Waals surface area contributed by atoms with Crippen LogP contribution in [-0.4, -0.2) is 42.4 Å². The van der Waals surface area contributed by atoms with Crippen molar-refractivity contribution in [3.8, 4) is 0 Å². The lowest BCUT2D eigenvalue weighted by atomic mass is 10.1. The number of carboxylic acid groups (broad SMARTS) is 1. The minimum Gasteiger partial charge on any atom is -0.480 e. The van der Waals surface area contributed by atoms with Crippen molar-refractivity contribution in [2.24, 2.45) is 0 Å². The first-order valence-electron chi connectivity index (χ1n) is 4.31. The average Bonchev–Trinajstić information content (AvgIpc) is 2.00. The summed E-state index contributed by atoms with van der Waals surface area (Å²) >= 11 is 0. The van der Waals surface area contributed by atoms with Crippen LogP contribution in [-0.2, 0) is 14.9 Å². The molecule has 0 unspecified atom stereocenters. The first kappa shape index (κ1) is 14.1. The zero-order valence-corrected chi connectivity index (χ0v) is 9.25. The van der Waals surface area contributed by atoms with Crippen molar-refractivity contribution in [3.63, 3.8) is 0 Å². The van der Waals surface area contributed by atoms with E-state index in [0.29, 0.717) is 5.57 Å². The number of rotatable bonds is 7. The molecule has 0 saturated carbocycles. The summed E-state index contributed by atoms with van der Waals surface area (Å²) in [6.07, 6.45) is 0.149. The molecule has 0 rings (SSSR count). The maximum Gasteiger partial charge on any atom is 0.324 e. The average molecular weight is 237 g/mol. The molecule has 0 spiro atoms. The van der Waals surface area contributed by atoms with Gasteiger partial charge in [-0.05, 0) is 19.9 Å². The highest BCUT2D eigenvalue weighted by Crippen LogP contribution is 1.98. The van der Waals surface area contributed by atoms with E-state index in [-0.39, 0.29) is 18.7 Å². The van der Waals surface area contributed by atoms with Gasteiger partial charge in [-0.25, -0.2) is 0 Å². The molecule has 0 heterocycles. The van der Waals surface area contributed by atoms with E-state index in [0.717, 1.165) is 0 Å². The molecule has 88 valence electrons. The van der Waals surface area contributed by atoms with Crippen LogP contribution >= 0.6 is 0 Å². The number of nitrogens with one attached hydrogen (secondary N) is 1. The summed E-state index contributed by atoms with van der Waals surface area (Å²) in [5, 5.41) is 11.3. The summed E-state index contributed by atoms with van der Waals surface area (Å²) in [6.45, 7) is 5.24. The molecule has 0 aromatic carbocycles. The Kier molecular flexibility index (Phi) is 5.48. The fraction of sp³-hybridized carbons (Fsp3) is 0.625. The van der Waals surface area contributed by atoms with E-state index >= 15 is 0 Å². The molecule has 15 heavy (non-hydrogen) atoms. The molecule has 1 atom stereocenters. The van der Waals surface area contributed by atoms with Crippen LogP contribution in [0, 0.1) is 0 Å². The van der Waals surface area contributed by atoms with Gasteiger partial charge in [0.05, 0.1) is 5.75 Å². The second-order valence-electron chi connectivity index (χ2n) is 3.21. The van der Waals surface area contributed by atoms with Gasteiger partial charge in [-0.3, -0.25) is 9.35 Å². The fourth-order valence-corrected chi connectivity index (χ4v) is 1.48. The topological polar surface area (TPSA) is 104 Å². The maximum atomic E-state index is 10.6. The minimum atomic E-state index is -3.97. The van der Waals surface area contributed by atoms with Gasteiger partial charge in [0, 0.05) is 0 Å². The molecule has 7 heteroatoms. The van der Waals surface area contributed by atoms with Gasteiger partial charge in [0.15, 0.2) is 0 Å². The molecule has 0 bridgehead atoms. The summed E-state index contributed by atoms with van der Waals surface area (Å²) in [5.74, 6) is -1.45. The van der Waals surface area contributed by atoms with Crippen LogP contribution < -0.4 is 5.32 Å². The molecule has 0 amide bonds. The standard InChI is InChI=1S/C8H15NO5S/c1-6(2)7(8(10)11)9-4-3-5-15(12,13)14/h7,9H,1,3-5H2,2H3,(H,10,11)(H,12,13,14)/t7-/m0/s1. The van der Waals surface area contributed by atoms with Gasteiger partial charge in [-0.15, -0.1) is 0 Å². The van der Waals surface area contributed by atoms with Crippen LogP contribution in [0.25, 0.3) is 0 Å². The van der Waals surface area contributed by atoms with E-state index in [1.165, 1.54) is 0 Å². The lowest BCUT2D eigenvalue weighted by Gasteiger charge is -2.13. The molecule has 0 aliphatic heterocycles. The van der Waals surface area contributed by atoms with Crippen LogP contribution in [0.3, 0.4) is 0 Å². The van der Waals surface area contributed by atoms with E-state index in [9.17, 15) is 13.2 Å². The SMILES string of the molecule is C=C(C)[C@H](NCCCS(=O)(=O)O)C(=O)O. The summed E-state index contributed by atoms with van der Waals surface area (Å²) in [4.78, 5) is 10.6. The van der Waals surface area contributed by atoms with Crippen LogP contribution in [0.1, 0.15) is 13.3 Å². The number of hydrogen-bond donors (Lipinski definition) is 3. The van der Waals surface area contributed by atoms with E-state index in [2.05, 4.69) is 11.9 Å². The van der Waals surface area contributed by atoms with Crippen molar-refractivity contribution in [1.29, 1.82) is 0 Å². The molecule has 6 nitrogen and oxygen atoms in total. The molecule has 3 N–H and O–H groups in total. The van der Waals surface area contributed by atoms with Gasteiger partial charge in [0.1, 0.15) is 6.04 Å². The predicted octanol–water partition coefficient (Wildman–Crippen LogP) is -0.117. The number of hydrogen-bond acceptors (Lipinski definition) is 4. The first-order chi connectivity index (χ1) is 6.74. The van der Waals surface area contributed by atoms with Crippen molar-refractivity contribution in [2.75, 3.05) is 12.3 Å². The molecule has 0 aromatic heterocycles. The van der Waals surface area contributed by atoms with Gasteiger partial charge in [-0.1, -0.05) is 12.2 Å². The van der Waals surface area contributed by atoms with Crippen molar-refractivity contribution < 1.29 is 22.9 Å². The zero-order chi connectivity index (χ0) is 12.1. The highest BCUT2D eigenvalue weighted by atomic mass is 32.2. The van der Waals surface area contributed by atoms with Gasteiger partial charge in [0.2, 0.25) is 0 Å². The Labute approximate surface area is 88.7 Å². The van der Waals surface area contributed by atoms with Crippen molar-refractivity contribution in [3.05, 3.63) is 12.2 Å². The Morgan fingerprint density at radius 1 is 1.53 bits per heavy atom. The highest BCUT2D eigenvalue weighted by molar-refractivity contribution is 7.85. The molecular formula is C8H15NO5S. The molecule has 0 saturated heterocycles. The van der Waals surface area contributed by atoms with E-state index in [1.807, 2.05) is 0 Å². The van der Waals surface area contributed by atoms with Crippen LogP contribution in [0.4, 0.5) is 0 Å². The molecule has 0 radical (unpaired) electrons. The normalized spacial score (nSPS) is 13.5. The van der Waals surface area contributed by atoms with Crippen LogP contribution in [0.15, 0.2) is 12.2 Å². The Hall–Kier alpha value is -0.920. The van der Waals surface area contributed by atoms with E-state index < -0.39 is 22.1 Å². The molecule has 0 aromatic rings. The smallest absolute Gasteiger partial charge is 0.324 e. The zero-order valence-electron chi connectivity index (χ0n) is 8.43. The Morgan fingerprint density at radius 2 is 2.07 bits per heavy atom. The van der Waals surface area contributed by atoms with E-state index in [1.54, 1.807) is 6.92 Å². The summed E-state index contributed by atoms with van der Waals surface area (Å²) in [6, 6.07) is -0.883. The minimum absolute atomic E-state index is 0.149. The lowest BCUT2D eigenvalue weighted by Crippen LogP contribution is -2.38. The van der Waals surface area contributed by atoms with Crippen LogP contribution in [0.5, 0.6) is 0 Å². The number of aliphatic carboxylic acids is 1. The number of carboxylic acids is 1. The first-order valence-corrected chi connectivity index (χ1v) is 5.91. The van der Waals surface area contributed by atoms with Gasteiger partial charge >= 0.3 is 5.97 Å². The fourth-order valence-electron chi connectivity index (χ4n) is 0.973. The van der Waals surface area contributed by atoms with Gasteiger partial charge in [0.25, 0.3) is 10.1 Å². The third-order valence-corrected chi connectivity index (χ3v) is 2.47. The lowest BCUT2D eigenvalue weighted by molar-refractivity contribution is -0.138. The molecule has 0 aliphatic carbocycles. The predicted molar refractivity (Wildman–Crippen MR) is 55.3 cm³/mol. The van der Waals surface area contributed by atoms with Crippen LogP contribution in [0.2, 0.25) is 0 Å². The Morgan fingerprint density at radius 3 is 2.40 bits per heavy atom. The number of carbonyl (C=O) groups is 1. The summed E-state index contributed by atoms with van der Waals surface area (Å²) < 4.78 is 29.1. The second-order valence-corrected chi connectivity index (χ2v) is 4.78. The Bertz CT molecular complexity index is 321. The summed E-state index contributed by atoms with van der Waals surface area (Å²) in [7, 11) is -3.97. The largest absolute Gasteiger partial charge is 0.480 e. The molecule has 0 fully saturated rings. The molecular weight excluding hydrogens is 222 g/mol. The van der Waals surface area contributed by atoms with Crippen molar-refractivity contribution >= 4 is 16.1 Å². The van der Waals surface area contributed by atoms with Crippen molar-refractivity contribution in [1.82, 2.24) is 5.32 Å². The third-order valence-electron chi connectivity index (χ3n) is 1.67. The van der Waals surface area contributed by atoms with Crippen molar-refractivity contribution in [2.45, 2.75) is 19.4 Å².